The van der Waals surface area contributed by atoms with Crippen LogP contribution in [0.25, 0.3) is 16.7 Å². The number of hydrogen-bond donors (Lipinski definition) is 0. The Morgan fingerprint density at radius 3 is 1.97 bits per heavy atom. The van der Waals surface area contributed by atoms with Crippen molar-refractivity contribution in [2.24, 2.45) is 0 Å². The molecule has 0 radical (unpaired) electrons. The van der Waals surface area contributed by atoms with Crippen molar-refractivity contribution < 1.29 is 31.9 Å². The van der Waals surface area contributed by atoms with E-state index in [1.165, 1.54) is 38.1 Å². The van der Waals surface area contributed by atoms with Crippen LogP contribution in [-0.4, -0.2) is 26.1 Å². The fourth-order valence-electron chi connectivity index (χ4n) is 4.23. The highest BCUT2D eigenvalue weighted by molar-refractivity contribution is 7.91. The summed E-state index contributed by atoms with van der Waals surface area (Å²) >= 11 is 0. The van der Waals surface area contributed by atoms with Crippen LogP contribution in [0.2, 0.25) is 0 Å². The summed E-state index contributed by atoms with van der Waals surface area (Å²) < 4.78 is 51.3. The van der Waals surface area contributed by atoms with E-state index in [1.807, 2.05) is 30.3 Å². The van der Waals surface area contributed by atoms with E-state index in [4.69, 9.17) is 9.47 Å². The van der Waals surface area contributed by atoms with Crippen LogP contribution in [0.3, 0.4) is 0 Å². The van der Waals surface area contributed by atoms with Crippen LogP contribution in [-0.2, 0) is 35.6 Å². The van der Waals surface area contributed by atoms with E-state index in [0.29, 0.717) is 5.56 Å². The fourth-order valence-corrected chi connectivity index (χ4v) is 5.97. The number of fused-ring (bicyclic) bond motifs is 2. The van der Waals surface area contributed by atoms with Gasteiger partial charge >= 0.3 is 11.9 Å². The minimum atomic E-state index is -4.10. The van der Waals surface area contributed by atoms with Crippen molar-refractivity contribution in [2.45, 2.75) is 36.1 Å². The number of ether oxygens (including phenoxy) is 2. The van der Waals surface area contributed by atoms with E-state index in [-0.39, 0.29) is 32.1 Å². The van der Waals surface area contributed by atoms with Gasteiger partial charge in [-0.05, 0) is 28.8 Å². The highest BCUT2D eigenvalue weighted by Gasteiger charge is 2.44. The van der Waals surface area contributed by atoms with E-state index >= 15 is 0 Å². The number of carbonyl (C=O) groups is 2. The van der Waals surface area contributed by atoms with Crippen LogP contribution in [0, 0.1) is 0 Å². The Kier molecular flexibility index (Phi) is 4.95. The average Bonchev–Trinajstić information content (AvgIpc) is 2.80. The SMILES string of the molecule is CC1(C)OC(=O)C(=C2c3ccc(CF)cc3S(=O)(=O)c3cc(-c4ccccc4)ccc32)C(=O)O1. The minimum Gasteiger partial charge on any atom is -0.419 e. The molecule has 6 nitrogen and oxygen atoms in total. The first-order valence-electron chi connectivity index (χ1n) is 10.5. The molecule has 0 unspecified atom stereocenters. The van der Waals surface area contributed by atoms with Gasteiger partial charge in [0.1, 0.15) is 6.67 Å². The normalized spacial score (nSPS) is 18.0. The third kappa shape index (κ3) is 3.42. The van der Waals surface area contributed by atoms with Gasteiger partial charge in [0, 0.05) is 30.5 Å². The Bertz CT molecular complexity index is 1480. The number of sulfone groups is 1. The zero-order valence-corrected chi connectivity index (χ0v) is 19.1. The number of halogens is 1. The lowest BCUT2D eigenvalue weighted by molar-refractivity contribution is -0.222. The first-order chi connectivity index (χ1) is 16.1. The van der Waals surface area contributed by atoms with Crippen LogP contribution in [0.1, 0.15) is 30.5 Å². The molecule has 5 rings (SSSR count). The molecule has 0 amide bonds. The van der Waals surface area contributed by atoms with Crippen LogP contribution in [0.4, 0.5) is 4.39 Å². The summed E-state index contributed by atoms with van der Waals surface area (Å²) in [4.78, 5) is 25.6. The second-order valence-corrected chi connectivity index (χ2v) is 10.4. The van der Waals surface area contributed by atoms with Crippen molar-refractivity contribution in [1.29, 1.82) is 0 Å². The summed E-state index contributed by atoms with van der Waals surface area (Å²) in [6, 6.07) is 18.0. The topological polar surface area (TPSA) is 86.7 Å². The molecule has 0 saturated carbocycles. The highest BCUT2D eigenvalue weighted by atomic mass is 32.2. The Labute approximate surface area is 195 Å². The Morgan fingerprint density at radius 2 is 1.35 bits per heavy atom. The predicted molar refractivity (Wildman–Crippen MR) is 121 cm³/mol. The standard InChI is InChI=1S/C26H19FO6S/c1-26(2)32-24(28)23(25(29)33-26)22-18-10-8-15(14-27)12-20(18)34(30,31)21-13-17(9-11-19(21)22)16-6-4-3-5-7-16/h3-13H,14H2,1-2H3. The number of cyclic esters (lactones) is 2. The molecular formula is C26H19FO6S. The van der Waals surface area contributed by atoms with Gasteiger partial charge in [0.05, 0.1) is 9.79 Å². The third-order valence-electron chi connectivity index (χ3n) is 5.74. The molecule has 2 aliphatic rings. The summed E-state index contributed by atoms with van der Waals surface area (Å²) in [6.45, 7) is 1.98. The van der Waals surface area contributed by atoms with Gasteiger partial charge in [0.15, 0.2) is 5.57 Å². The molecule has 34 heavy (non-hydrogen) atoms. The molecule has 3 aromatic carbocycles. The number of alkyl halides is 1. The summed E-state index contributed by atoms with van der Waals surface area (Å²) in [7, 11) is -4.10. The van der Waals surface area contributed by atoms with Gasteiger partial charge in [0.25, 0.3) is 5.79 Å². The van der Waals surface area contributed by atoms with E-state index in [1.54, 1.807) is 12.1 Å². The summed E-state index contributed by atoms with van der Waals surface area (Å²) in [5, 5.41) is 0. The summed E-state index contributed by atoms with van der Waals surface area (Å²) in [6.07, 6.45) is 0. The largest absolute Gasteiger partial charge is 0.419 e. The molecule has 1 fully saturated rings. The average molecular weight is 478 g/mol. The van der Waals surface area contributed by atoms with E-state index < -0.39 is 39.8 Å². The first-order valence-corrected chi connectivity index (χ1v) is 12.0. The smallest absolute Gasteiger partial charge is 0.349 e. The van der Waals surface area contributed by atoms with Gasteiger partial charge in [-0.15, -0.1) is 0 Å². The van der Waals surface area contributed by atoms with Gasteiger partial charge in [-0.3, -0.25) is 0 Å². The van der Waals surface area contributed by atoms with Crippen molar-refractivity contribution in [1.82, 2.24) is 0 Å². The lowest BCUT2D eigenvalue weighted by atomic mass is 9.90. The lowest BCUT2D eigenvalue weighted by Gasteiger charge is -2.32. The molecule has 172 valence electrons. The molecule has 0 aliphatic carbocycles. The monoisotopic (exact) mass is 478 g/mol. The van der Waals surface area contributed by atoms with Gasteiger partial charge in [-0.1, -0.05) is 54.6 Å². The second kappa shape index (κ2) is 7.63. The molecule has 0 spiro atoms. The molecule has 0 bridgehead atoms. The van der Waals surface area contributed by atoms with Crippen molar-refractivity contribution in [2.75, 3.05) is 0 Å². The van der Waals surface area contributed by atoms with Crippen molar-refractivity contribution >= 4 is 27.3 Å². The fraction of sp³-hybridized carbons (Fsp3) is 0.154. The first kappa shape index (κ1) is 22.0. The minimum absolute atomic E-state index is 0.0790. The Morgan fingerprint density at radius 1 is 0.765 bits per heavy atom. The molecule has 0 atom stereocenters. The molecule has 2 heterocycles. The van der Waals surface area contributed by atoms with Gasteiger partial charge in [-0.2, -0.15) is 0 Å². The third-order valence-corrected chi connectivity index (χ3v) is 7.58. The quantitative estimate of drug-likeness (QED) is 0.238. The zero-order valence-electron chi connectivity index (χ0n) is 18.3. The molecule has 0 N–H and O–H groups in total. The number of esters is 2. The van der Waals surface area contributed by atoms with Gasteiger partial charge in [0.2, 0.25) is 9.84 Å². The molecule has 1 saturated heterocycles. The molecule has 3 aromatic rings. The maximum absolute atomic E-state index is 13.7. The second-order valence-electron chi connectivity index (χ2n) is 8.47. The van der Waals surface area contributed by atoms with Crippen LogP contribution >= 0.6 is 0 Å². The van der Waals surface area contributed by atoms with Crippen molar-refractivity contribution in [3.8, 4) is 11.1 Å². The van der Waals surface area contributed by atoms with Gasteiger partial charge in [-0.25, -0.2) is 22.4 Å². The maximum Gasteiger partial charge on any atom is 0.349 e. The highest BCUT2D eigenvalue weighted by Crippen LogP contribution is 2.45. The van der Waals surface area contributed by atoms with E-state index in [2.05, 4.69) is 0 Å². The molecule has 8 heteroatoms. The van der Waals surface area contributed by atoms with Crippen molar-refractivity contribution in [3.05, 3.63) is 89.0 Å². The Balaban J connectivity index is 1.85. The maximum atomic E-state index is 13.7. The zero-order chi connectivity index (χ0) is 24.3. The summed E-state index contributed by atoms with van der Waals surface area (Å²) in [5.41, 5.74) is 1.53. The Hall–Kier alpha value is -3.78. The number of carbonyl (C=O) groups excluding carboxylic acids is 2. The molecular weight excluding hydrogens is 459 g/mol. The lowest BCUT2D eigenvalue weighted by Crippen LogP contribution is -2.42. The summed E-state index contributed by atoms with van der Waals surface area (Å²) in [5.74, 6) is -3.30. The van der Waals surface area contributed by atoms with E-state index in [9.17, 15) is 22.4 Å². The number of benzene rings is 3. The van der Waals surface area contributed by atoms with E-state index in [0.717, 1.165) is 5.56 Å². The molecule has 0 aromatic heterocycles. The van der Waals surface area contributed by atoms with Crippen molar-refractivity contribution in [3.63, 3.8) is 0 Å². The number of rotatable bonds is 2. The molecule has 2 aliphatic heterocycles. The van der Waals surface area contributed by atoms with Crippen LogP contribution in [0.5, 0.6) is 0 Å². The van der Waals surface area contributed by atoms with Crippen LogP contribution in [0.15, 0.2) is 82.1 Å². The van der Waals surface area contributed by atoms with Gasteiger partial charge < -0.3 is 9.47 Å². The predicted octanol–water partition coefficient (Wildman–Crippen LogP) is 4.61. The number of hydrogen-bond acceptors (Lipinski definition) is 6. The van der Waals surface area contributed by atoms with Crippen LogP contribution < -0.4 is 0 Å².